The standard InChI is InChI=1S/C19H20N6O2/c20-17-16(19-24-23-18(27-19)11-4-2-1-3-5-11)22-15(8-21-17)25-9-12-6-7-14(26)13(12)10-25/h1-5,8,12-14,26H,6-7,9-10H2,(H2,20,21). The van der Waals surface area contributed by atoms with Crippen molar-refractivity contribution in [2.45, 2.75) is 18.9 Å². The third-order valence-corrected chi connectivity index (χ3v) is 5.58. The topological polar surface area (TPSA) is 114 Å². The monoisotopic (exact) mass is 364 g/mol. The first-order valence-corrected chi connectivity index (χ1v) is 9.14. The van der Waals surface area contributed by atoms with E-state index in [4.69, 9.17) is 10.2 Å². The lowest BCUT2D eigenvalue weighted by Crippen LogP contribution is -2.25. The van der Waals surface area contributed by atoms with Crippen molar-refractivity contribution in [3.05, 3.63) is 36.5 Å². The van der Waals surface area contributed by atoms with Gasteiger partial charge in [-0.3, -0.25) is 0 Å². The summed E-state index contributed by atoms with van der Waals surface area (Å²) in [6, 6.07) is 9.55. The number of hydrogen-bond donors (Lipinski definition) is 2. The number of aromatic nitrogens is 4. The van der Waals surface area contributed by atoms with Gasteiger partial charge in [0.1, 0.15) is 5.82 Å². The van der Waals surface area contributed by atoms with E-state index >= 15 is 0 Å². The maximum Gasteiger partial charge on any atom is 0.270 e. The summed E-state index contributed by atoms with van der Waals surface area (Å²) in [5.74, 6) is 2.45. The molecule has 0 radical (unpaired) electrons. The van der Waals surface area contributed by atoms with Crippen LogP contribution in [-0.2, 0) is 0 Å². The van der Waals surface area contributed by atoms with Crippen LogP contribution in [0.2, 0.25) is 0 Å². The number of fused-ring (bicyclic) bond motifs is 1. The minimum atomic E-state index is -0.217. The van der Waals surface area contributed by atoms with Crippen LogP contribution < -0.4 is 10.6 Å². The van der Waals surface area contributed by atoms with E-state index in [2.05, 4.69) is 25.1 Å². The van der Waals surface area contributed by atoms with E-state index in [1.54, 1.807) is 6.20 Å². The van der Waals surface area contributed by atoms with E-state index in [-0.39, 0.29) is 17.8 Å². The van der Waals surface area contributed by atoms with Gasteiger partial charge in [0.25, 0.3) is 5.89 Å². The van der Waals surface area contributed by atoms with Gasteiger partial charge in [0, 0.05) is 24.6 Å². The molecule has 1 saturated heterocycles. The summed E-state index contributed by atoms with van der Waals surface area (Å²) in [4.78, 5) is 11.1. The molecule has 2 aliphatic rings. The number of nitrogens with two attached hydrogens (primary N) is 1. The lowest BCUT2D eigenvalue weighted by molar-refractivity contribution is 0.133. The van der Waals surface area contributed by atoms with E-state index in [1.165, 1.54) is 0 Å². The van der Waals surface area contributed by atoms with Crippen molar-refractivity contribution in [2.24, 2.45) is 11.8 Å². The second-order valence-electron chi connectivity index (χ2n) is 7.21. The third-order valence-electron chi connectivity index (χ3n) is 5.58. The van der Waals surface area contributed by atoms with Gasteiger partial charge in [-0.15, -0.1) is 10.2 Å². The SMILES string of the molecule is Nc1ncc(N2CC3CCC(O)C3C2)nc1-c1nnc(-c2ccccc2)o1. The average Bonchev–Trinajstić information content (AvgIpc) is 3.41. The number of hydrogen-bond acceptors (Lipinski definition) is 8. The van der Waals surface area contributed by atoms with Crippen molar-refractivity contribution in [1.82, 2.24) is 20.2 Å². The molecule has 8 heteroatoms. The smallest absolute Gasteiger partial charge is 0.270 e. The van der Waals surface area contributed by atoms with Gasteiger partial charge in [0.2, 0.25) is 5.89 Å². The van der Waals surface area contributed by atoms with Crippen LogP contribution in [0.3, 0.4) is 0 Å². The zero-order chi connectivity index (χ0) is 18.4. The predicted octanol–water partition coefficient (Wildman–Crippen LogP) is 1.98. The Morgan fingerprint density at radius 1 is 1.07 bits per heavy atom. The number of aliphatic hydroxyl groups excluding tert-OH is 1. The molecule has 27 heavy (non-hydrogen) atoms. The predicted molar refractivity (Wildman–Crippen MR) is 99.6 cm³/mol. The van der Waals surface area contributed by atoms with E-state index < -0.39 is 0 Å². The van der Waals surface area contributed by atoms with Crippen molar-refractivity contribution in [2.75, 3.05) is 23.7 Å². The molecule has 2 fully saturated rings. The van der Waals surface area contributed by atoms with Gasteiger partial charge in [-0.05, 0) is 30.9 Å². The molecule has 0 amide bonds. The highest BCUT2D eigenvalue weighted by Crippen LogP contribution is 2.39. The van der Waals surface area contributed by atoms with Crippen molar-refractivity contribution >= 4 is 11.6 Å². The molecule has 5 rings (SSSR count). The van der Waals surface area contributed by atoms with Gasteiger partial charge in [-0.2, -0.15) is 0 Å². The molecular formula is C19H20N6O2. The highest BCUT2D eigenvalue weighted by Gasteiger charge is 2.42. The molecule has 138 valence electrons. The number of benzene rings is 1. The summed E-state index contributed by atoms with van der Waals surface area (Å²) in [6.07, 6.45) is 3.40. The molecule has 1 saturated carbocycles. The maximum atomic E-state index is 10.1. The van der Waals surface area contributed by atoms with Gasteiger partial charge >= 0.3 is 0 Å². The Hall–Kier alpha value is -3.00. The quantitative estimate of drug-likeness (QED) is 0.725. The second-order valence-corrected chi connectivity index (χ2v) is 7.21. The molecule has 3 N–H and O–H groups in total. The fourth-order valence-electron chi connectivity index (χ4n) is 4.14. The maximum absolute atomic E-state index is 10.1. The summed E-state index contributed by atoms with van der Waals surface area (Å²) in [7, 11) is 0. The molecule has 1 aliphatic heterocycles. The Morgan fingerprint density at radius 2 is 1.89 bits per heavy atom. The van der Waals surface area contributed by atoms with Crippen molar-refractivity contribution in [3.8, 4) is 23.0 Å². The minimum Gasteiger partial charge on any atom is -0.414 e. The summed E-state index contributed by atoms with van der Waals surface area (Å²) in [5.41, 5.74) is 7.24. The minimum absolute atomic E-state index is 0.217. The largest absolute Gasteiger partial charge is 0.414 e. The van der Waals surface area contributed by atoms with Crippen molar-refractivity contribution in [3.63, 3.8) is 0 Å². The van der Waals surface area contributed by atoms with Crippen LogP contribution in [0.1, 0.15) is 12.8 Å². The molecule has 3 atom stereocenters. The third kappa shape index (κ3) is 2.82. The molecule has 1 aliphatic carbocycles. The summed E-state index contributed by atoms with van der Waals surface area (Å²) < 4.78 is 5.78. The number of aliphatic hydroxyl groups is 1. The highest BCUT2D eigenvalue weighted by molar-refractivity contribution is 5.65. The van der Waals surface area contributed by atoms with E-state index in [0.29, 0.717) is 23.4 Å². The van der Waals surface area contributed by atoms with E-state index in [9.17, 15) is 5.11 Å². The normalized spacial score (nSPS) is 24.3. The molecule has 3 unspecified atom stereocenters. The Balaban J connectivity index is 1.44. The van der Waals surface area contributed by atoms with Gasteiger partial charge < -0.3 is 20.2 Å². The average molecular weight is 364 g/mol. The van der Waals surface area contributed by atoms with Crippen LogP contribution in [0, 0.1) is 11.8 Å². The number of rotatable bonds is 3. The molecule has 0 bridgehead atoms. The number of anilines is 2. The molecular weight excluding hydrogens is 344 g/mol. The van der Waals surface area contributed by atoms with Gasteiger partial charge in [0.05, 0.1) is 12.3 Å². The Morgan fingerprint density at radius 3 is 2.70 bits per heavy atom. The molecule has 8 nitrogen and oxygen atoms in total. The first-order valence-electron chi connectivity index (χ1n) is 9.14. The lowest BCUT2D eigenvalue weighted by Gasteiger charge is -2.19. The van der Waals surface area contributed by atoms with Gasteiger partial charge in [0.15, 0.2) is 11.5 Å². The van der Waals surface area contributed by atoms with E-state index in [0.717, 1.165) is 37.3 Å². The van der Waals surface area contributed by atoms with Crippen LogP contribution in [0.4, 0.5) is 11.6 Å². The zero-order valence-corrected chi connectivity index (χ0v) is 14.7. The van der Waals surface area contributed by atoms with Crippen LogP contribution in [0.15, 0.2) is 40.9 Å². The lowest BCUT2D eigenvalue weighted by atomic mass is 10.00. The molecule has 2 aromatic heterocycles. The fraction of sp³-hybridized carbons (Fsp3) is 0.368. The Kier molecular flexibility index (Phi) is 3.78. The number of nitrogens with zero attached hydrogens (tertiary/aromatic N) is 5. The van der Waals surface area contributed by atoms with Gasteiger partial charge in [-0.1, -0.05) is 18.2 Å². The summed E-state index contributed by atoms with van der Waals surface area (Å²) >= 11 is 0. The van der Waals surface area contributed by atoms with Crippen molar-refractivity contribution in [1.29, 1.82) is 0 Å². The van der Waals surface area contributed by atoms with Crippen LogP contribution in [-0.4, -0.2) is 44.5 Å². The van der Waals surface area contributed by atoms with Gasteiger partial charge in [-0.25, -0.2) is 9.97 Å². The summed E-state index contributed by atoms with van der Waals surface area (Å²) in [5, 5.41) is 18.3. The molecule has 3 aromatic rings. The first kappa shape index (κ1) is 16.2. The Bertz CT molecular complexity index is 960. The molecule has 3 heterocycles. The molecule has 1 aromatic carbocycles. The van der Waals surface area contributed by atoms with E-state index in [1.807, 2.05) is 30.3 Å². The van der Waals surface area contributed by atoms with Crippen LogP contribution >= 0.6 is 0 Å². The zero-order valence-electron chi connectivity index (χ0n) is 14.7. The number of nitrogen functional groups attached to an aromatic ring is 1. The van der Waals surface area contributed by atoms with Crippen molar-refractivity contribution < 1.29 is 9.52 Å². The fourth-order valence-corrected chi connectivity index (χ4v) is 4.14. The summed E-state index contributed by atoms with van der Waals surface area (Å²) in [6.45, 7) is 1.65. The Labute approximate surface area is 156 Å². The van der Waals surface area contributed by atoms with Crippen LogP contribution in [0.25, 0.3) is 23.0 Å². The first-order chi connectivity index (χ1) is 13.2. The second kappa shape index (κ2) is 6.31. The molecule has 0 spiro atoms. The van der Waals surface area contributed by atoms with Crippen LogP contribution in [0.5, 0.6) is 0 Å². The highest BCUT2D eigenvalue weighted by atomic mass is 16.4.